The molecule has 0 fully saturated rings. The molecular formula is C14H16N2O3S. The fourth-order valence-corrected chi connectivity index (χ4v) is 2.48. The van der Waals surface area contributed by atoms with E-state index in [2.05, 4.69) is 0 Å². The Bertz CT molecular complexity index is 555. The lowest BCUT2D eigenvalue weighted by Crippen LogP contribution is -2.37. The molecule has 0 aliphatic heterocycles. The number of carboxylic acids is 1. The molecule has 0 saturated carbocycles. The Morgan fingerprint density at radius 3 is 2.75 bits per heavy atom. The maximum absolute atomic E-state index is 12.3. The van der Waals surface area contributed by atoms with Crippen LogP contribution in [0.4, 0.5) is 0 Å². The largest absolute Gasteiger partial charge is 0.478 e. The van der Waals surface area contributed by atoms with Crippen LogP contribution in [0.2, 0.25) is 0 Å². The van der Waals surface area contributed by atoms with Crippen molar-refractivity contribution < 1.29 is 14.7 Å². The van der Waals surface area contributed by atoms with E-state index in [-0.39, 0.29) is 11.9 Å². The van der Waals surface area contributed by atoms with Gasteiger partial charge in [-0.15, -0.1) is 11.3 Å². The Balaban J connectivity index is 2.85. The maximum atomic E-state index is 12.3. The Morgan fingerprint density at radius 1 is 1.50 bits per heavy atom. The zero-order valence-corrected chi connectivity index (χ0v) is 12.2. The monoisotopic (exact) mass is 292 g/mol. The topological polar surface area (TPSA) is 81.4 Å². The van der Waals surface area contributed by atoms with Crippen LogP contribution in [0.5, 0.6) is 0 Å². The molecular weight excluding hydrogens is 276 g/mol. The van der Waals surface area contributed by atoms with Crippen molar-refractivity contribution in [2.24, 2.45) is 0 Å². The van der Waals surface area contributed by atoms with Crippen LogP contribution in [0.15, 0.2) is 18.2 Å². The summed E-state index contributed by atoms with van der Waals surface area (Å²) in [6.07, 6.45) is 2.79. The van der Waals surface area contributed by atoms with E-state index in [0.29, 0.717) is 22.7 Å². The van der Waals surface area contributed by atoms with Crippen molar-refractivity contribution in [2.45, 2.75) is 26.3 Å². The highest BCUT2D eigenvalue weighted by atomic mass is 32.1. The molecule has 1 heterocycles. The molecule has 0 radical (unpaired) electrons. The van der Waals surface area contributed by atoms with Crippen LogP contribution in [-0.2, 0) is 4.79 Å². The summed E-state index contributed by atoms with van der Waals surface area (Å²) < 4.78 is 0. The molecule has 0 aliphatic rings. The number of hydrogen-bond donors (Lipinski definition) is 1. The third kappa shape index (κ3) is 4.52. The van der Waals surface area contributed by atoms with Gasteiger partial charge in [0.2, 0.25) is 0 Å². The van der Waals surface area contributed by atoms with Gasteiger partial charge in [-0.05, 0) is 32.1 Å². The van der Waals surface area contributed by atoms with Crippen LogP contribution in [0, 0.1) is 11.3 Å². The Labute approximate surface area is 121 Å². The number of nitriles is 1. The number of thiophene rings is 1. The minimum Gasteiger partial charge on any atom is -0.478 e. The molecule has 1 rings (SSSR count). The third-order valence-corrected chi connectivity index (χ3v) is 3.61. The van der Waals surface area contributed by atoms with E-state index in [0.717, 1.165) is 6.08 Å². The van der Waals surface area contributed by atoms with Gasteiger partial charge in [-0.2, -0.15) is 5.26 Å². The molecule has 0 spiro atoms. The van der Waals surface area contributed by atoms with Gasteiger partial charge in [0.1, 0.15) is 0 Å². The van der Waals surface area contributed by atoms with Gasteiger partial charge >= 0.3 is 5.97 Å². The highest BCUT2D eigenvalue weighted by molar-refractivity contribution is 7.14. The summed E-state index contributed by atoms with van der Waals surface area (Å²) in [7, 11) is 0. The molecule has 1 amide bonds. The molecule has 106 valence electrons. The normalized spacial score (nSPS) is 10.7. The lowest BCUT2D eigenvalue weighted by atomic mass is 10.2. The van der Waals surface area contributed by atoms with Crippen molar-refractivity contribution in [3.63, 3.8) is 0 Å². The van der Waals surface area contributed by atoms with E-state index in [1.807, 2.05) is 19.9 Å². The average molecular weight is 292 g/mol. The number of hydrogen-bond acceptors (Lipinski definition) is 4. The van der Waals surface area contributed by atoms with Crippen LogP contribution in [0.1, 0.15) is 34.8 Å². The number of amides is 1. The molecule has 0 bridgehead atoms. The molecule has 5 nitrogen and oxygen atoms in total. The van der Waals surface area contributed by atoms with Crippen LogP contribution in [0.25, 0.3) is 6.08 Å². The van der Waals surface area contributed by atoms with E-state index in [9.17, 15) is 9.59 Å². The number of rotatable bonds is 6. The highest BCUT2D eigenvalue weighted by Gasteiger charge is 2.19. The smallest absolute Gasteiger partial charge is 0.328 e. The Hall–Kier alpha value is -2.13. The van der Waals surface area contributed by atoms with E-state index >= 15 is 0 Å². The Morgan fingerprint density at radius 2 is 2.20 bits per heavy atom. The fraction of sp³-hybridized carbons (Fsp3) is 0.357. The zero-order chi connectivity index (χ0) is 15.1. The zero-order valence-electron chi connectivity index (χ0n) is 11.4. The first kappa shape index (κ1) is 15.9. The molecule has 1 aromatic rings. The van der Waals surface area contributed by atoms with Crippen molar-refractivity contribution in [2.75, 3.05) is 6.54 Å². The molecule has 1 N–H and O–H groups in total. The lowest BCUT2D eigenvalue weighted by Gasteiger charge is -2.25. The van der Waals surface area contributed by atoms with Gasteiger partial charge < -0.3 is 10.0 Å². The van der Waals surface area contributed by atoms with Crippen LogP contribution in [-0.4, -0.2) is 34.5 Å². The van der Waals surface area contributed by atoms with Gasteiger partial charge in [0, 0.05) is 23.5 Å². The van der Waals surface area contributed by atoms with Gasteiger partial charge in [0.05, 0.1) is 17.4 Å². The summed E-state index contributed by atoms with van der Waals surface area (Å²) in [5.74, 6) is -1.15. The van der Waals surface area contributed by atoms with Crippen molar-refractivity contribution in [3.05, 3.63) is 28.0 Å². The van der Waals surface area contributed by atoms with E-state index in [4.69, 9.17) is 10.4 Å². The molecule has 0 aliphatic carbocycles. The molecule has 1 aromatic heterocycles. The first-order chi connectivity index (χ1) is 9.45. The second kappa shape index (κ2) is 7.46. The summed E-state index contributed by atoms with van der Waals surface area (Å²) >= 11 is 1.24. The number of carbonyl (C=O) groups is 2. The second-order valence-electron chi connectivity index (χ2n) is 4.37. The number of carboxylic acid groups (broad SMARTS) is 1. The number of aliphatic carboxylic acids is 1. The van der Waals surface area contributed by atoms with Crippen LogP contribution < -0.4 is 0 Å². The summed E-state index contributed by atoms with van der Waals surface area (Å²) in [5.41, 5.74) is 0. The second-order valence-corrected chi connectivity index (χ2v) is 5.49. The standard InChI is InChI=1S/C14H16N2O3S/c1-10(2)16(9-3-8-15)14(19)12-6-4-11(20-12)5-7-13(17)18/h4-7,10H,3,9H2,1-2H3,(H,17,18). The van der Waals surface area contributed by atoms with Gasteiger partial charge in [0.15, 0.2) is 0 Å². The Kier molecular flexibility index (Phi) is 5.94. The predicted octanol–water partition coefficient (Wildman–Crippen LogP) is 2.61. The lowest BCUT2D eigenvalue weighted by molar-refractivity contribution is -0.131. The van der Waals surface area contributed by atoms with Crippen LogP contribution >= 0.6 is 11.3 Å². The fourth-order valence-electron chi connectivity index (χ4n) is 1.62. The van der Waals surface area contributed by atoms with Crippen molar-refractivity contribution in [1.29, 1.82) is 5.26 Å². The average Bonchev–Trinajstić information content (AvgIpc) is 2.85. The molecule has 0 atom stereocenters. The van der Waals surface area contributed by atoms with Crippen molar-refractivity contribution in [1.82, 2.24) is 4.90 Å². The molecule has 20 heavy (non-hydrogen) atoms. The summed E-state index contributed by atoms with van der Waals surface area (Å²) in [4.78, 5) is 25.7. The van der Waals surface area contributed by atoms with Gasteiger partial charge in [0.25, 0.3) is 5.91 Å². The number of nitrogens with zero attached hydrogens (tertiary/aromatic N) is 2. The first-order valence-electron chi connectivity index (χ1n) is 6.14. The summed E-state index contributed by atoms with van der Waals surface area (Å²) in [6, 6.07) is 5.43. The van der Waals surface area contributed by atoms with Crippen molar-refractivity contribution >= 4 is 29.3 Å². The molecule has 0 saturated heterocycles. The van der Waals surface area contributed by atoms with Gasteiger partial charge in [-0.25, -0.2) is 4.79 Å². The predicted molar refractivity (Wildman–Crippen MR) is 77.4 cm³/mol. The number of carbonyl (C=O) groups excluding carboxylic acids is 1. The van der Waals surface area contributed by atoms with Gasteiger partial charge in [-0.3, -0.25) is 4.79 Å². The van der Waals surface area contributed by atoms with Crippen LogP contribution in [0.3, 0.4) is 0 Å². The molecule has 0 aromatic carbocycles. The van der Waals surface area contributed by atoms with Crippen molar-refractivity contribution in [3.8, 4) is 6.07 Å². The minimum atomic E-state index is -1.02. The van der Waals surface area contributed by atoms with Gasteiger partial charge in [-0.1, -0.05) is 0 Å². The minimum absolute atomic E-state index is 0.0101. The van der Waals surface area contributed by atoms with E-state index in [1.165, 1.54) is 17.4 Å². The summed E-state index contributed by atoms with van der Waals surface area (Å²) in [6.45, 7) is 4.19. The molecule has 6 heteroatoms. The summed E-state index contributed by atoms with van der Waals surface area (Å²) in [5, 5.41) is 17.2. The third-order valence-electron chi connectivity index (χ3n) is 2.58. The molecule has 0 unspecified atom stereocenters. The first-order valence-corrected chi connectivity index (χ1v) is 6.96. The SMILES string of the molecule is CC(C)N(CCC#N)C(=O)c1ccc(C=CC(=O)O)s1. The highest BCUT2D eigenvalue weighted by Crippen LogP contribution is 2.20. The quantitative estimate of drug-likeness (QED) is 0.817. The van der Waals surface area contributed by atoms with E-state index in [1.54, 1.807) is 17.0 Å². The maximum Gasteiger partial charge on any atom is 0.328 e. The van der Waals surface area contributed by atoms with E-state index < -0.39 is 5.97 Å².